The number of benzene rings is 2. The van der Waals surface area contributed by atoms with Gasteiger partial charge in [-0.2, -0.15) is 0 Å². The second-order valence-electron chi connectivity index (χ2n) is 7.28. The monoisotopic (exact) mass is 434 g/mol. The van der Waals surface area contributed by atoms with Gasteiger partial charge in [0.25, 0.3) is 0 Å². The number of aromatic nitrogens is 2. The molecule has 0 radical (unpaired) electrons. The highest BCUT2D eigenvalue weighted by atomic mass is 16.5. The molecule has 0 spiro atoms. The lowest BCUT2D eigenvalue weighted by atomic mass is 10.1. The van der Waals surface area contributed by atoms with Gasteiger partial charge in [-0.25, -0.2) is 9.97 Å². The normalized spacial score (nSPS) is 15.5. The maximum absolute atomic E-state index is 12.8. The Hall–Kier alpha value is -4.14. The number of phenols is 1. The number of carbonyl (C=O) groups is 2. The van der Waals surface area contributed by atoms with E-state index in [0.29, 0.717) is 34.3 Å². The average molecular weight is 434 g/mol. The summed E-state index contributed by atoms with van der Waals surface area (Å²) in [4.78, 5) is 35.4. The summed E-state index contributed by atoms with van der Waals surface area (Å²) >= 11 is 0. The van der Waals surface area contributed by atoms with Crippen LogP contribution in [0.1, 0.15) is 6.42 Å². The zero-order valence-corrected chi connectivity index (χ0v) is 17.6. The first-order valence-corrected chi connectivity index (χ1v) is 9.93. The van der Waals surface area contributed by atoms with Crippen LogP contribution in [0.25, 0.3) is 11.4 Å². The van der Waals surface area contributed by atoms with Crippen LogP contribution in [-0.4, -0.2) is 47.7 Å². The Morgan fingerprint density at radius 3 is 2.59 bits per heavy atom. The van der Waals surface area contributed by atoms with E-state index in [1.165, 1.54) is 24.4 Å². The molecule has 4 rings (SSSR count). The fourth-order valence-electron chi connectivity index (χ4n) is 3.55. The van der Waals surface area contributed by atoms with Gasteiger partial charge in [0, 0.05) is 24.6 Å². The van der Waals surface area contributed by atoms with Crippen molar-refractivity contribution < 1.29 is 24.2 Å². The first-order chi connectivity index (χ1) is 15.5. The molecule has 0 aliphatic carbocycles. The van der Waals surface area contributed by atoms with Crippen LogP contribution in [0.2, 0.25) is 0 Å². The van der Waals surface area contributed by atoms with E-state index in [0.717, 1.165) is 0 Å². The zero-order chi connectivity index (χ0) is 22.7. The molecule has 1 aliphatic rings. The molecule has 3 aromatic rings. The van der Waals surface area contributed by atoms with Crippen molar-refractivity contribution in [1.29, 1.82) is 0 Å². The van der Waals surface area contributed by atoms with Gasteiger partial charge in [-0.1, -0.05) is 12.1 Å². The number of phenolic OH excluding ortho intramolecular Hbond substituents is 1. The number of rotatable bonds is 6. The van der Waals surface area contributed by atoms with Gasteiger partial charge in [0.1, 0.15) is 17.2 Å². The molecule has 2 amide bonds. The Labute approximate surface area is 184 Å². The van der Waals surface area contributed by atoms with Gasteiger partial charge in [0.05, 0.1) is 43.9 Å². The summed E-state index contributed by atoms with van der Waals surface area (Å²) in [6, 6.07) is 11.8. The summed E-state index contributed by atoms with van der Waals surface area (Å²) in [6.07, 6.45) is 3.06. The van der Waals surface area contributed by atoms with Crippen molar-refractivity contribution in [2.75, 3.05) is 31.0 Å². The largest absolute Gasteiger partial charge is 0.508 e. The van der Waals surface area contributed by atoms with Gasteiger partial charge in [-0.15, -0.1) is 0 Å². The molecule has 1 aromatic heterocycles. The number of amides is 2. The molecule has 32 heavy (non-hydrogen) atoms. The summed E-state index contributed by atoms with van der Waals surface area (Å²) in [5.74, 6) is 0.646. The zero-order valence-electron chi connectivity index (χ0n) is 17.6. The number of anilines is 2. The van der Waals surface area contributed by atoms with E-state index >= 15 is 0 Å². The second kappa shape index (κ2) is 8.93. The summed E-state index contributed by atoms with van der Waals surface area (Å²) in [5, 5.41) is 12.4. The molecule has 1 saturated heterocycles. The van der Waals surface area contributed by atoms with Crippen LogP contribution in [0.15, 0.2) is 54.9 Å². The van der Waals surface area contributed by atoms with Crippen molar-refractivity contribution in [3.8, 4) is 28.6 Å². The van der Waals surface area contributed by atoms with Gasteiger partial charge >= 0.3 is 0 Å². The van der Waals surface area contributed by atoms with Crippen LogP contribution < -0.4 is 19.7 Å². The highest BCUT2D eigenvalue weighted by molar-refractivity contribution is 6.04. The first kappa shape index (κ1) is 21.1. The van der Waals surface area contributed by atoms with Crippen molar-refractivity contribution in [1.82, 2.24) is 9.97 Å². The molecule has 1 atom stereocenters. The van der Waals surface area contributed by atoms with E-state index < -0.39 is 5.92 Å². The number of aromatic hydroxyl groups is 1. The molecule has 2 aromatic carbocycles. The summed E-state index contributed by atoms with van der Waals surface area (Å²) in [6.45, 7) is 0.219. The molecule has 1 fully saturated rings. The molecule has 2 N–H and O–H groups in total. The molecule has 1 aliphatic heterocycles. The smallest absolute Gasteiger partial charge is 0.229 e. The van der Waals surface area contributed by atoms with E-state index in [4.69, 9.17) is 9.47 Å². The molecule has 9 nitrogen and oxygen atoms in total. The van der Waals surface area contributed by atoms with E-state index in [2.05, 4.69) is 15.3 Å². The lowest BCUT2D eigenvalue weighted by molar-refractivity contribution is -0.122. The third-order valence-corrected chi connectivity index (χ3v) is 5.20. The fourth-order valence-corrected chi connectivity index (χ4v) is 3.55. The topological polar surface area (TPSA) is 114 Å². The quantitative estimate of drug-likeness (QED) is 0.613. The van der Waals surface area contributed by atoms with Gasteiger partial charge < -0.3 is 24.8 Å². The molecule has 0 bridgehead atoms. The van der Waals surface area contributed by atoms with Crippen LogP contribution in [0.4, 0.5) is 11.4 Å². The minimum atomic E-state index is -0.538. The van der Waals surface area contributed by atoms with Crippen LogP contribution in [-0.2, 0) is 9.59 Å². The van der Waals surface area contributed by atoms with Gasteiger partial charge in [0.15, 0.2) is 5.82 Å². The summed E-state index contributed by atoms with van der Waals surface area (Å²) in [7, 11) is 3.07. The molecular formula is C23H22N4O5. The standard InChI is InChI=1S/C23H22N4O5/c1-31-18-6-7-20(32-2)19(10-18)27-13-15(9-21(27)29)23(30)26-16-11-24-22(25-12-16)14-4-3-5-17(28)8-14/h3-8,10-12,15,28H,9,13H2,1-2H3,(H,26,30). The summed E-state index contributed by atoms with van der Waals surface area (Å²) in [5.41, 5.74) is 1.64. The minimum absolute atomic E-state index is 0.0778. The van der Waals surface area contributed by atoms with Crippen LogP contribution in [0, 0.1) is 5.92 Å². The van der Waals surface area contributed by atoms with Gasteiger partial charge in [-0.3, -0.25) is 9.59 Å². The molecule has 1 unspecified atom stereocenters. The van der Waals surface area contributed by atoms with Gasteiger partial charge in [-0.05, 0) is 24.3 Å². The first-order valence-electron chi connectivity index (χ1n) is 9.93. The molecule has 164 valence electrons. The second-order valence-corrected chi connectivity index (χ2v) is 7.28. The molecular weight excluding hydrogens is 412 g/mol. The SMILES string of the molecule is COc1ccc(OC)c(N2CC(C(=O)Nc3cnc(-c4cccc(O)c4)nc3)CC2=O)c1. The van der Waals surface area contributed by atoms with Crippen molar-refractivity contribution in [2.45, 2.75) is 6.42 Å². The Balaban J connectivity index is 1.45. The third kappa shape index (κ3) is 4.31. The Morgan fingerprint density at radius 2 is 1.91 bits per heavy atom. The maximum Gasteiger partial charge on any atom is 0.229 e. The Bertz CT molecular complexity index is 1150. The maximum atomic E-state index is 12.8. The van der Waals surface area contributed by atoms with Crippen LogP contribution in [0.3, 0.4) is 0 Å². The average Bonchev–Trinajstić information content (AvgIpc) is 3.20. The number of nitrogens with one attached hydrogen (secondary N) is 1. The van der Waals surface area contributed by atoms with Crippen LogP contribution >= 0.6 is 0 Å². The van der Waals surface area contributed by atoms with Crippen molar-refractivity contribution in [3.05, 3.63) is 54.9 Å². The number of nitrogens with zero attached hydrogens (tertiary/aromatic N) is 3. The predicted octanol–water partition coefficient (Wildman–Crippen LogP) is 2.86. The van der Waals surface area contributed by atoms with Crippen molar-refractivity contribution in [2.24, 2.45) is 5.92 Å². The van der Waals surface area contributed by atoms with Crippen LogP contribution in [0.5, 0.6) is 17.2 Å². The Morgan fingerprint density at radius 1 is 1.12 bits per heavy atom. The minimum Gasteiger partial charge on any atom is -0.508 e. The molecule has 2 heterocycles. The number of methoxy groups -OCH3 is 2. The number of ether oxygens (including phenoxy) is 2. The Kier molecular flexibility index (Phi) is 5.89. The van der Waals surface area contributed by atoms with E-state index in [-0.39, 0.29) is 30.5 Å². The number of hydrogen-bond acceptors (Lipinski definition) is 7. The van der Waals surface area contributed by atoms with E-state index in [1.54, 1.807) is 49.6 Å². The highest BCUT2D eigenvalue weighted by Crippen LogP contribution is 2.36. The number of carbonyl (C=O) groups excluding carboxylic acids is 2. The molecule has 9 heteroatoms. The predicted molar refractivity (Wildman–Crippen MR) is 118 cm³/mol. The van der Waals surface area contributed by atoms with E-state index in [1.807, 2.05) is 0 Å². The lowest BCUT2D eigenvalue weighted by Crippen LogP contribution is -2.28. The number of hydrogen-bond donors (Lipinski definition) is 2. The van der Waals surface area contributed by atoms with Crippen molar-refractivity contribution >= 4 is 23.2 Å². The third-order valence-electron chi connectivity index (χ3n) is 5.20. The summed E-state index contributed by atoms with van der Waals surface area (Å²) < 4.78 is 10.6. The fraction of sp³-hybridized carbons (Fsp3) is 0.217. The van der Waals surface area contributed by atoms with Gasteiger partial charge in [0.2, 0.25) is 11.8 Å². The van der Waals surface area contributed by atoms with Crippen molar-refractivity contribution in [3.63, 3.8) is 0 Å². The van der Waals surface area contributed by atoms with E-state index in [9.17, 15) is 14.7 Å². The lowest BCUT2D eigenvalue weighted by Gasteiger charge is -2.20. The molecule has 0 saturated carbocycles. The highest BCUT2D eigenvalue weighted by Gasteiger charge is 2.36.